The van der Waals surface area contributed by atoms with Gasteiger partial charge in [0.05, 0.1) is 31.4 Å². The van der Waals surface area contributed by atoms with Gasteiger partial charge < -0.3 is 19.0 Å². The van der Waals surface area contributed by atoms with Crippen LogP contribution in [0.25, 0.3) is 22.3 Å². The van der Waals surface area contributed by atoms with E-state index in [1.807, 2.05) is 0 Å². The van der Waals surface area contributed by atoms with Crippen molar-refractivity contribution in [2.75, 3.05) is 14.2 Å². The third-order valence-corrected chi connectivity index (χ3v) is 3.34. The number of aromatic nitrogens is 2. The molecule has 0 saturated heterocycles. The van der Waals surface area contributed by atoms with Crippen molar-refractivity contribution >= 4 is 11.0 Å². The van der Waals surface area contributed by atoms with E-state index in [-0.39, 0.29) is 11.1 Å². The molecule has 0 aliphatic rings. The summed E-state index contributed by atoms with van der Waals surface area (Å²) in [6.45, 7) is 0. The predicted octanol–water partition coefficient (Wildman–Crippen LogP) is 1.92. The summed E-state index contributed by atoms with van der Waals surface area (Å²) in [5, 5.41) is 14.3. The predicted molar refractivity (Wildman–Crippen MR) is 79.5 cm³/mol. The molecular weight excluding hydrogens is 288 g/mol. The molecule has 0 amide bonds. The molecule has 7 nitrogen and oxygen atoms in total. The Morgan fingerprint density at radius 1 is 1.23 bits per heavy atom. The van der Waals surface area contributed by atoms with Crippen molar-refractivity contribution in [2.45, 2.75) is 0 Å². The number of nitrogens with zero attached hydrogens (tertiary/aromatic N) is 2. The highest BCUT2D eigenvalue weighted by molar-refractivity contribution is 5.84. The van der Waals surface area contributed by atoms with E-state index in [0.29, 0.717) is 22.6 Å². The van der Waals surface area contributed by atoms with Crippen LogP contribution in [0.15, 0.2) is 33.7 Å². The number of benzene rings is 1. The minimum atomic E-state index is -0.541. The maximum atomic E-state index is 12.4. The summed E-state index contributed by atoms with van der Waals surface area (Å²) in [5.41, 5.74) is 0.258. The van der Waals surface area contributed by atoms with E-state index in [4.69, 9.17) is 13.9 Å². The Morgan fingerprint density at radius 3 is 2.50 bits per heavy atom. The third-order valence-electron chi connectivity index (χ3n) is 3.34. The van der Waals surface area contributed by atoms with E-state index in [2.05, 4.69) is 5.10 Å². The summed E-state index contributed by atoms with van der Waals surface area (Å²) in [5.74, 6) is 0.419. The van der Waals surface area contributed by atoms with Gasteiger partial charge in [0.25, 0.3) is 0 Å². The maximum absolute atomic E-state index is 12.4. The average Bonchev–Trinajstić information content (AvgIpc) is 2.95. The Labute approximate surface area is 125 Å². The van der Waals surface area contributed by atoms with Crippen molar-refractivity contribution in [3.05, 3.63) is 34.7 Å². The van der Waals surface area contributed by atoms with Crippen LogP contribution in [-0.4, -0.2) is 29.1 Å². The molecule has 0 saturated carbocycles. The fourth-order valence-electron chi connectivity index (χ4n) is 2.25. The van der Waals surface area contributed by atoms with E-state index in [9.17, 15) is 9.90 Å². The lowest BCUT2D eigenvalue weighted by molar-refractivity contribution is 0.355. The number of aryl methyl sites for hydroxylation is 1. The van der Waals surface area contributed by atoms with Crippen molar-refractivity contribution < 1.29 is 19.0 Å². The molecule has 0 spiro atoms. The van der Waals surface area contributed by atoms with Gasteiger partial charge in [0.2, 0.25) is 11.2 Å². The molecular formula is C15H14N2O5. The normalized spacial score (nSPS) is 10.9. The molecule has 0 atom stereocenters. The fraction of sp³-hybridized carbons (Fsp3) is 0.200. The van der Waals surface area contributed by atoms with Crippen LogP contribution in [0.1, 0.15) is 0 Å². The molecule has 3 aromatic rings. The smallest absolute Gasteiger partial charge is 0.235 e. The van der Waals surface area contributed by atoms with Gasteiger partial charge in [0.15, 0.2) is 17.3 Å². The van der Waals surface area contributed by atoms with Crippen molar-refractivity contribution in [3.8, 4) is 28.6 Å². The van der Waals surface area contributed by atoms with Crippen LogP contribution in [-0.2, 0) is 7.05 Å². The largest absolute Gasteiger partial charge is 0.502 e. The summed E-state index contributed by atoms with van der Waals surface area (Å²) in [4.78, 5) is 12.4. The lowest BCUT2D eigenvalue weighted by Crippen LogP contribution is -2.03. The Hall–Kier alpha value is -2.96. The van der Waals surface area contributed by atoms with E-state index in [1.54, 1.807) is 24.0 Å². The van der Waals surface area contributed by atoms with Crippen molar-refractivity contribution in [2.24, 2.45) is 7.05 Å². The van der Waals surface area contributed by atoms with Gasteiger partial charge in [-0.3, -0.25) is 9.48 Å². The van der Waals surface area contributed by atoms with Gasteiger partial charge in [-0.2, -0.15) is 5.10 Å². The summed E-state index contributed by atoms with van der Waals surface area (Å²) in [6.07, 6.45) is 3.15. The van der Waals surface area contributed by atoms with Gasteiger partial charge in [-0.1, -0.05) is 0 Å². The quantitative estimate of drug-likeness (QED) is 0.795. The van der Waals surface area contributed by atoms with Crippen LogP contribution in [0.4, 0.5) is 0 Å². The number of hydrogen-bond acceptors (Lipinski definition) is 6. The molecule has 3 rings (SSSR count). The van der Waals surface area contributed by atoms with Crippen molar-refractivity contribution in [1.82, 2.24) is 9.78 Å². The van der Waals surface area contributed by atoms with Gasteiger partial charge >= 0.3 is 0 Å². The molecule has 0 aliphatic heterocycles. The fourth-order valence-corrected chi connectivity index (χ4v) is 2.25. The number of rotatable bonds is 3. The summed E-state index contributed by atoms with van der Waals surface area (Å²) in [6, 6.07) is 3.03. The lowest BCUT2D eigenvalue weighted by Gasteiger charge is -2.09. The van der Waals surface area contributed by atoms with Crippen LogP contribution < -0.4 is 14.9 Å². The second-order valence-corrected chi connectivity index (χ2v) is 4.71. The van der Waals surface area contributed by atoms with E-state index in [0.717, 1.165) is 0 Å². The minimum Gasteiger partial charge on any atom is -0.502 e. The SMILES string of the molecule is COc1cc2oc(-c3cnn(C)c3)c(O)c(=O)c2cc1OC. The first-order valence-electron chi connectivity index (χ1n) is 6.46. The summed E-state index contributed by atoms with van der Waals surface area (Å²) in [7, 11) is 4.69. The zero-order valence-corrected chi connectivity index (χ0v) is 12.3. The first-order chi connectivity index (χ1) is 10.5. The highest BCUT2D eigenvalue weighted by Crippen LogP contribution is 2.35. The Morgan fingerprint density at radius 2 is 1.91 bits per heavy atom. The van der Waals surface area contributed by atoms with E-state index in [1.165, 1.54) is 26.5 Å². The molecule has 114 valence electrons. The zero-order valence-electron chi connectivity index (χ0n) is 12.3. The zero-order chi connectivity index (χ0) is 15.9. The van der Waals surface area contributed by atoms with E-state index >= 15 is 0 Å². The summed E-state index contributed by atoms with van der Waals surface area (Å²) >= 11 is 0. The molecule has 2 heterocycles. The maximum Gasteiger partial charge on any atom is 0.235 e. The molecule has 0 radical (unpaired) electrons. The molecule has 2 aromatic heterocycles. The molecule has 0 aliphatic carbocycles. The van der Waals surface area contributed by atoms with Gasteiger partial charge in [0, 0.05) is 19.3 Å². The van der Waals surface area contributed by atoms with Crippen molar-refractivity contribution in [1.29, 1.82) is 0 Å². The van der Waals surface area contributed by atoms with Gasteiger partial charge in [-0.05, 0) is 6.07 Å². The second kappa shape index (κ2) is 5.10. The number of hydrogen-bond donors (Lipinski definition) is 1. The molecule has 0 bridgehead atoms. The van der Waals surface area contributed by atoms with Crippen LogP contribution in [0.3, 0.4) is 0 Å². The number of ether oxygens (including phenoxy) is 2. The number of fused-ring (bicyclic) bond motifs is 1. The van der Waals surface area contributed by atoms with Crippen LogP contribution in [0, 0.1) is 0 Å². The van der Waals surface area contributed by atoms with Gasteiger partial charge in [0.1, 0.15) is 5.58 Å². The van der Waals surface area contributed by atoms with Crippen LogP contribution in [0.5, 0.6) is 17.2 Å². The number of methoxy groups -OCH3 is 2. The molecule has 7 heteroatoms. The first-order valence-corrected chi connectivity index (χ1v) is 6.46. The third kappa shape index (κ3) is 2.07. The van der Waals surface area contributed by atoms with E-state index < -0.39 is 11.2 Å². The van der Waals surface area contributed by atoms with Gasteiger partial charge in [-0.15, -0.1) is 0 Å². The van der Waals surface area contributed by atoms with Crippen LogP contribution >= 0.6 is 0 Å². The number of aromatic hydroxyl groups is 1. The molecule has 0 unspecified atom stereocenters. The molecule has 22 heavy (non-hydrogen) atoms. The Bertz CT molecular complexity index is 910. The second-order valence-electron chi connectivity index (χ2n) is 4.71. The standard InChI is InChI=1S/C15H14N2O5/c1-17-7-8(6-16-17)15-14(19)13(18)9-4-11(20-2)12(21-3)5-10(9)22-15/h4-7,19H,1-3H3. The Balaban J connectivity index is 2.34. The Kier molecular flexibility index (Phi) is 3.25. The van der Waals surface area contributed by atoms with Crippen LogP contribution in [0.2, 0.25) is 0 Å². The molecule has 0 fully saturated rings. The molecule has 1 N–H and O–H groups in total. The molecule has 1 aromatic carbocycles. The van der Waals surface area contributed by atoms with Crippen molar-refractivity contribution in [3.63, 3.8) is 0 Å². The average molecular weight is 302 g/mol. The topological polar surface area (TPSA) is 86.7 Å². The monoisotopic (exact) mass is 302 g/mol. The summed E-state index contributed by atoms with van der Waals surface area (Å²) < 4.78 is 17.6. The minimum absolute atomic E-state index is 0.0674. The highest BCUT2D eigenvalue weighted by Gasteiger charge is 2.18. The highest BCUT2D eigenvalue weighted by atomic mass is 16.5. The van der Waals surface area contributed by atoms with Gasteiger partial charge in [-0.25, -0.2) is 0 Å². The first kappa shape index (κ1) is 14.0. The lowest BCUT2D eigenvalue weighted by atomic mass is 10.1.